The van der Waals surface area contributed by atoms with Crippen LogP contribution >= 0.6 is 0 Å². The molecule has 0 fully saturated rings. The molecule has 0 atom stereocenters. The molecule has 110 valence electrons. The van der Waals surface area contributed by atoms with Crippen molar-refractivity contribution in [2.75, 3.05) is 19.7 Å². The fourth-order valence-electron chi connectivity index (χ4n) is 1.99. The molecule has 2 aromatic rings. The minimum Gasteiger partial charge on any atom is -0.465 e. The molecule has 0 aliphatic carbocycles. The van der Waals surface area contributed by atoms with Crippen molar-refractivity contribution in [2.45, 2.75) is 6.92 Å². The second-order valence-corrected chi connectivity index (χ2v) is 4.41. The van der Waals surface area contributed by atoms with Crippen molar-refractivity contribution >= 4 is 22.9 Å². The molecule has 0 spiro atoms. The fraction of sp³-hybridized carbons (Fsp3) is 0.267. The van der Waals surface area contributed by atoms with Crippen molar-refractivity contribution in [1.29, 1.82) is 0 Å². The number of nitrogens with one attached hydrogen (secondary N) is 1. The number of aromatic amines is 1. The van der Waals surface area contributed by atoms with Crippen LogP contribution in [0.25, 0.3) is 11.0 Å². The monoisotopic (exact) mass is 287 g/mol. The van der Waals surface area contributed by atoms with Gasteiger partial charge in [0, 0.05) is 12.1 Å². The zero-order valence-electron chi connectivity index (χ0n) is 11.8. The van der Waals surface area contributed by atoms with Gasteiger partial charge in [-0.3, -0.25) is 9.59 Å². The number of amides is 1. The topological polar surface area (TPSA) is 75.3 Å². The number of nitrogens with zero attached hydrogens (tertiary/aromatic N) is 2. The molecule has 0 aliphatic rings. The summed E-state index contributed by atoms with van der Waals surface area (Å²) in [4.78, 5) is 32.5. The highest BCUT2D eigenvalue weighted by atomic mass is 16.5. The van der Waals surface area contributed by atoms with Crippen LogP contribution in [0.4, 0.5) is 0 Å². The minimum absolute atomic E-state index is 0.0975. The summed E-state index contributed by atoms with van der Waals surface area (Å²) >= 11 is 0. The summed E-state index contributed by atoms with van der Waals surface area (Å²) < 4.78 is 4.88. The number of rotatable bonds is 6. The minimum atomic E-state index is -0.435. The highest BCUT2D eigenvalue weighted by Crippen LogP contribution is 2.13. The summed E-state index contributed by atoms with van der Waals surface area (Å²) in [5.74, 6) is -0.685. The van der Waals surface area contributed by atoms with Crippen molar-refractivity contribution in [3.8, 4) is 0 Å². The summed E-state index contributed by atoms with van der Waals surface area (Å²) in [6.07, 6.45) is 3.14. The lowest BCUT2D eigenvalue weighted by molar-refractivity contribution is -0.143. The number of carbonyl (C=O) groups is 2. The normalized spacial score (nSPS) is 10.3. The van der Waals surface area contributed by atoms with Gasteiger partial charge in [0.05, 0.1) is 24.0 Å². The lowest BCUT2D eigenvalue weighted by Crippen LogP contribution is -2.36. The van der Waals surface area contributed by atoms with E-state index >= 15 is 0 Å². The average molecular weight is 287 g/mol. The van der Waals surface area contributed by atoms with Crippen LogP contribution in [0.15, 0.2) is 37.2 Å². The highest BCUT2D eigenvalue weighted by molar-refractivity contribution is 5.98. The van der Waals surface area contributed by atoms with Crippen LogP contribution in [0.2, 0.25) is 0 Å². The van der Waals surface area contributed by atoms with Crippen molar-refractivity contribution < 1.29 is 14.3 Å². The van der Waals surface area contributed by atoms with Gasteiger partial charge in [0.2, 0.25) is 0 Å². The van der Waals surface area contributed by atoms with E-state index in [1.54, 1.807) is 37.5 Å². The molecule has 1 heterocycles. The molecular weight excluding hydrogens is 270 g/mol. The fourth-order valence-corrected chi connectivity index (χ4v) is 1.99. The maximum atomic E-state index is 12.5. The summed E-state index contributed by atoms with van der Waals surface area (Å²) in [5, 5.41) is 0. The first kappa shape index (κ1) is 14.8. The average Bonchev–Trinajstić information content (AvgIpc) is 2.93. The van der Waals surface area contributed by atoms with E-state index in [2.05, 4.69) is 16.5 Å². The summed E-state index contributed by atoms with van der Waals surface area (Å²) in [5.41, 5.74) is 2.04. The van der Waals surface area contributed by atoms with Crippen LogP contribution in [0.5, 0.6) is 0 Å². The molecule has 0 aliphatic heterocycles. The molecule has 1 amide bonds. The number of aromatic nitrogens is 2. The zero-order chi connectivity index (χ0) is 15.2. The molecule has 6 nitrogen and oxygen atoms in total. The maximum absolute atomic E-state index is 12.5. The Morgan fingerprint density at radius 3 is 3.00 bits per heavy atom. The lowest BCUT2D eigenvalue weighted by Gasteiger charge is -2.20. The van der Waals surface area contributed by atoms with Crippen LogP contribution in [0.1, 0.15) is 17.3 Å². The first-order valence-corrected chi connectivity index (χ1v) is 6.64. The molecule has 0 saturated heterocycles. The Labute approximate surface area is 122 Å². The molecule has 2 rings (SSSR count). The number of benzene rings is 1. The zero-order valence-corrected chi connectivity index (χ0v) is 11.8. The number of ether oxygens (including phenoxy) is 1. The summed E-state index contributed by atoms with van der Waals surface area (Å²) in [6.45, 7) is 5.80. The molecular formula is C15H17N3O3. The number of esters is 1. The predicted octanol–water partition coefficient (Wildman–Crippen LogP) is 1.75. The third-order valence-corrected chi connectivity index (χ3v) is 2.93. The number of carbonyl (C=O) groups excluding carboxylic acids is 2. The van der Waals surface area contributed by atoms with E-state index in [0.717, 1.165) is 11.0 Å². The van der Waals surface area contributed by atoms with Crippen molar-refractivity contribution in [3.05, 3.63) is 42.7 Å². The van der Waals surface area contributed by atoms with Gasteiger partial charge in [0.15, 0.2) is 0 Å². The SMILES string of the molecule is C=CCN(CC(=O)OCC)C(=O)c1ccc2nc[nH]c2c1. The molecule has 0 radical (unpaired) electrons. The predicted molar refractivity (Wildman–Crippen MR) is 78.8 cm³/mol. The van der Waals surface area contributed by atoms with Gasteiger partial charge < -0.3 is 14.6 Å². The Kier molecular flexibility index (Phi) is 4.71. The van der Waals surface area contributed by atoms with Gasteiger partial charge in [-0.2, -0.15) is 0 Å². The Bertz CT molecular complexity index is 663. The molecule has 6 heteroatoms. The molecule has 1 aromatic heterocycles. The van der Waals surface area contributed by atoms with Crippen LogP contribution in [0, 0.1) is 0 Å². The second kappa shape index (κ2) is 6.69. The van der Waals surface area contributed by atoms with Gasteiger partial charge >= 0.3 is 5.97 Å². The Morgan fingerprint density at radius 2 is 2.29 bits per heavy atom. The number of fused-ring (bicyclic) bond motifs is 1. The van der Waals surface area contributed by atoms with E-state index in [1.807, 2.05) is 0 Å². The number of H-pyrrole nitrogens is 1. The molecule has 0 unspecified atom stereocenters. The van der Waals surface area contributed by atoms with Gasteiger partial charge in [-0.05, 0) is 25.1 Å². The van der Waals surface area contributed by atoms with Crippen LogP contribution < -0.4 is 0 Å². The molecule has 0 saturated carbocycles. The molecule has 1 N–H and O–H groups in total. The highest BCUT2D eigenvalue weighted by Gasteiger charge is 2.18. The van der Waals surface area contributed by atoms with E-state index in [0.29, 0.717) is 5.56 Å². The molecule has 1 aromatic carbocycles. The third kappa shape index (κ3) is 3.47. The van der Waals surface area contributed by atoms with Crippen LogP contribution in [-0.2, 0) is 9.53 Å². The van der Waals surface area contributed by atoms with Gasteiger partial charge in [0.1, 0.15) is 6.54 Å². The standard InChI is InChI=1S/C15H17N3O3/c1-3-7-18(9-14(19)21-4-2)15(20)11-5-6-12-13(8-11)17-10-16-12/h3,5-6,8,10H,1,4,7,9H2,2H3,(H,16,17). The Morgan fingerprint density at radius 1 is 1.48 bits per heavy atom. The van der Waals surface area contributed by atoms with E-state index < -0.39 is 5.97 Å². The van der Waals surface area contributed by atoms with E-state index in [-0.39, 0.29) is 25.6 Å². The van der Waals surface area contributed by atoms with Crippen molar-refractivity contribution in [1.82, 2.24) is 14.9 Å². The second-order valence-electron chi connectivity index (χ2n) is 4.41. The largest absolute Gasteiger partial charge is 0.465 e. The molecule has 21 heavy (non-hydrogen) atoms. The quantitative estimate of drug-likeness (QED) is 0.649. The Balaban J connectivity index is 2.19. The van der Waals surface area contributed by atoms with E-state index in [9.17, 15) is 9.59 Å². The van der Waals surface area contributed by atoms with Crippen LogP contribution in [0.3, 0.4) is 0 Å². The van der Waals surface area contributed by atoms with Crippen LogP contribution in [-0.4, -0.2) is 46.4 Å². The first-order chi connectivity index (χ1) is 10.2. The lowest BCUT2D eigenvalue weighted by atomic mass is 10.1. The smallest absolute Gasteiger partial charge is 0.325 e. The molecule has 0 bridgehead atoms. The Hall–Kier alpha value is -2.63. The van der Waals surface area contributed by atoms with Gasteiger partial charge in [-0.25, -0.2) is 4.98 Å². The number of hydrogen-bond donors (Lipinski definition) is 1. The van der Waals surface area contributed by atoms with Gasteiger partial charge in [-0.15, -0.1) is 6.58 Å². The van der Waals surface area contributed by atoms with E-state index in [1.165, 1.54) is 4.90 Å². The third-order valence-electron chi connectivity index (χ3n) is 2.93. The summed E-state index contributed by atoms with van der Waals surface area (Å²) in [7, 11) is 0. The summed E-state index contributed by atoms with van der Waals surface area (Å²) in [6, 6.07) is 5.16. The van der Waals surface area contributed by atoms with Crippen molar-refractivity contribution in [2.24, 2.45) is 0 Å². The van der Waals surface area contributed by atoms with Gasteiger partial charge in [-0.1, -0.05) is 6.08 Å². The number of imidazole rings is 1. The first-order valence-electron chi connectivity index (χ1n) is 6.64. The number of hydrogen-bond acceptors (Lipinski definition) is 4. The maximum Gasteiger partial charge on any atom is 0.325 e. The van der Waals surface area contributed by atoms with E-state index in [4.69, 9.17) is 4.74 Å². The van der Waals surface area contributed by atoms with Crippen molar-refractivity contribution in [3.63, 3.8) is 0 Å². The van der Waals surface area contributed by atoms with Gasteiger partial charge in [0.25, 0.3) is 5.91 Å².